The summed E-state index contributed by atoms with van der Waals surface area (Å²) in [6.45, 7) is 0. The average Bonchev–Trinajstić information content (AvgIpc) is 2.88. The second-order valence-corrected chi connectivity index (χ2v) is 15.1. The van der Waals surface area contributed by atoms with E-state index >= 15 is 0 Å². The van der Waals surface area contributed by atoms with Crippen molar-refractivity contribution in [2.24, 2.45) is 0 Å². The fraction of sp³-hybridized carbons (Fsp3) is 0.333. The molecule has 3 aromatic carbocycles. The molecule has 0 radical (unpaired) electrons. The Morgan fingerprint density at radius 1 is 0.233 bits per heavy atom. The molecule has 0 saturated heterocycles. The molecule has 3 rings (SSSR count). The third-order valence-corrected chi connectivity index (χ3v) is 8.24. The van der Waals surface area contributed by atoms with Crippen molar-refractivity contribution in [2.45, 2.75) is 14.7 Å². The second kappa shape index (κ2) is 254. The molecule has 572 valence electrons. The van der Waals surface area contributed by atoms with Gasteiger partial charge in [-0.25, -0.2) is 0 Å². The summed E-state index contributed by atoms with van der Waals surface area (Å²) in [6, 6.07) is 24.7. The Hall–Kier alpha value is 5.04. The van der Waals surface area contributed by atoms with Gasteiger partial charge in [0.1, 0.15) is 54.8 Å². The summed E-state index contributed by atoms with van der Waals surface area (Å²) in [6.07, 6.45) is 13.3. The zero-order chi connectivity index (χ0) is 29.3. The molecule has 0 aliphatic heterocycles. The molecule has 43 nitrogen and oxygen atoms in total. The molecule has 0 spiro atoms. The molecule has 86 heavy (non-hydrogen) atoms. The summed E-state index contributed by atoms with van der Waals surface area (Å²) in [4.78, 5) is 29.8. The van der Waals surface area contributed by atoms with E-state index in [0.29, 0.717) is 32.7 Å². The molecule has 0 unspecified atom stereocenters. The van der Waals surface area contributed by atoms with E-state index < -0.39 is 7.82 Å². The van der Waals surface area contributed by atoms with E-state index in [4.69, 9.17) is 33.5 Å². The van der Waals surface area contributed by atoms with Crippen LogP contribution >= 0.6 is 7.82 Å². The molecule has 0 fully saturated rings. The molecule has 0 aliphatic carbocycles. The van der Waals surface area contributed by atoms with Gasteiger partial charge in [0.2, 0.25) is 0 Å². The van der Waals surface area contributed by atoms with E-state index in [9.17, 15) is 0 Å². The van der Waals surface area contributed by atoms with Crippen LogP contribution in [0.2, 0.25) is 0 Å². The van der Waals surface area contributed by atoms with Crippen LogP contribution in [0.5, 0.6) is 17.2 Å². The van der Waals surface area contributed by atoms with Gasteiger partial charge < -0.3 is 231 Å². The van der Waals surface area contributed by atoms with E-state index in [2.05, 4.69) is 73.9 Å². The number of rotatable bonds is 6. The van der Waals surface area contributed by atoms with Crippen molar-refractivity contribution in [2.75, 3.05) is 58.9 Å². The fourth-order valence-electron chi connectivity index (χ4n) is 2.54. The van der Waals surface area contributed by atoms with Crippen molar-refractivity contribution in [3.63, 3.8) is 0 Å². The molecular weight excluding hydrogens is 2290 g/mol. The first kappa shape index (κ1) is 418. The van der Waals surface area contributed by atoms with Crippen LogP contribution in [0.1, 0.15) is 0 Å². The van der Waals surface area contributed by atoms with Crippen LogP contribution in [0, 0.1) is 0 Å². The monoisotopic (exact) mass is 2350 g/mol. The van der Waals surface area contributed by atoms with Crippen molar-refractivity contribution in [1.82, 2.24) is 0 Å². The maximum absolute atomic E-state index is 8.55. The van der Waals surface area contributed by atoms with Gasteiger partial charge in [0.15, 0.2) is 14.7 Å². The summed E-state index contributed by atoms with van der Waals surface area (Å²) >= 11 is 0. The first-order valence-corrected chi connectivity index (χ1v) is 18.7. The summed E-state index contributed by atoms with van der Waals surface area (Å²) < 4.78 is 23.7. The SMILES string of the molecule is COc1ccc([S+](C)C)cc1.COc1ccc([S+](C)C)cc1.COc1ccc([S+](C)C)cc1.O=P([O-])([O-])[O-].[Mo].[Mo].[Mo].[Mo].[Mo].[Mo].[Mo].[Mo].[Mo].[Mo].[Mo].[Mo].[O-2].[O-2].[O-2].[O-2].[O-2].[O-2].[O-2].[O-2].[O-2].[O-2].[O-2].[O-2].[O-2].[O-2].[O-2].[O-2].[O-2].[O-2].[O-2].[O-2].[O-2].[O-2].[O-2].[O-2].[O-2].[O-2].[O-2].[O-2].[O-2].[O-2].[O-2].[O-2].[O-2].[O-2].[O-2].[O-2]. The van der Waals surface area contributed by atoms with Crippen LogP contribution in [-0.2, 0) is 487 Å². The van der Waals surface area contributed by atoms with Crippen molar-refractivity contribution < 1.29 is 483 Å². The second-order valence-electron chi connectivity index (χ2n) is 7.92. The zero-order valence-electron chi connectivity index (χ0n) is 43.1. The van der Waals surface area contributed by atoms with Gasteiger partial charge in [0, 0.05) is 285 Å². The van der Waals surface area contributed by atoms with Gasteiger partial charge in [0.25, 0.3) is 0 Å². The Labute approximate surface area is 678 Å². The molecule has 0 saturated carbocycles. The summed E-state index contributed by atoms with van der Waals surface area (Å²) in [5.74, 6) is 2.79. The number of hydrogen-bond acceptors (Lipinski definition) is 7. The maximum atomic E-state index is 8.55. The molecule has 0 atom stereocenters. The van der Waals surface area contributed by atoms with Crippen LogP contribution in [0.15, 0.2) is 87.5 Å². The number of phosphoric acid groups is 1. The molecule has 0 bridgehead atoms. The Kier molecular flexibility index (Phi) is 1230. The van der Waals surface area contributed by atoms with Gasteiger partial charge in [-0.15, -0.1) is 0 Å². The van der Waals surface area contributed by atoms with Crippen LogP contribution in [0.3, 0.4) is 0 Å². The van der Waals surface area contributed by atoms with Crippen molar-refractivity contribution in [3.8, 4) is 17.2 Å². The molecule has 0 aromatic heterocycles. The minimum atomic E-state index is -5.39. The number of methoxy groups -OCH3 is 3. The first-order valence-electron chi connectivity index (χ1n) is 11.1. The molecule has 0 amide bonds. The molecule has 59 heteroatoms. The zero-order valence-corrected chi connectivity index (χ0v) is 70.5. The molecule has 0 N–H and O–H groups in total. The summed E-state index contributed by atoms with van der Waals surface area (Å²) in [5, 5.41) is 0. The van der Waals surface area contributed by atoms with Crippen molar-refractivity contribution in [3.05, 3.63) is 72.8 Å². The Morgan fingerprint density at radius 3 is 0.349 bits per heavy atom. The normalized spacial score (nSPS) is 4.59. The van der Waals surface area contributed by atoms with E-state index in [1.54, 1.807) is 21.3 Å². The minimum Gasteiger partial charge on any atom is -2.00 e. The Balaban J connectivity index is -0.00000000385. The van der Waals surface area contributed by atoms with Gasteiger partial charge in [0.05, 0.1) is 21.3 Å². The van der Waals surface area contributed by atoms with Crippen molar-refractivity contribution in [1.29, 1.82) is 0 Å². The van der Waals surface area contributed by atoms with E-state index in [0.717, 1.165) is 17.2 Å². The predicted molar refractivity (Wildman–Crippen MR) is 184 cm³/mol. The van der Waals surface area contributed by atoms with Gasteiger partial charge in [-0.3, -0.25) is 0 Å². The maximum Gasteiger partial charge on any atom is 0.154 e. The Morgan fingerprint density at radius 2 is 0.302 bits per heavy atom. The summed E-state index contributed by atoms with van der Waals surface area (Å²) in [5.41, 5.74) is 0. The van der Waals surface area contributed by atoms with Gasteiger partial charge in [-0.1, -0.05) is 0 Å². The first-order chi connectivity index (χ1) is 17.7. The third-order valence-electron chi connectivity index (χ3n) is 4.59. The van der Waals surface area contributed by atoms with Crippen LogP contribution < -0.4 is 28.9 Å². The topological polar surface area (TPSA) is 1140 Å². The molecule has 3 aromatic rings. The van der Waals surface area contributed by atoms with E-state index in [1.807, 2.05) is 36.4 Å². The van der Waals surface area contributed by atoms with E-state index in [1.165, 1.54) is 14.7 Å². The summed E-state index contributed by atoms with van der Waals surface area (Å²) in [7, 11) is 0.738. The predicted octanol–water partition coefficient (Wildman–Crippen LogP) is -1.34. The van der Waals surface area contributed by atoms with Gasteiger partial charge in [-0.2, -0.15) is 7.82 Å². The standard InChI is InChI=1S/3C9H13OS.12Mo.H3O4P.36O/c3*1-10-8-4-6-9(7-5-8)11(2)3;;;;;;;;;;;;;1-5(2,3)4;;;;;;;;;;;;;;;;;;;;;;;;;;;;;;;;;;;;/h3*4-7H,1-3H3;;;;;;;;;;;;;(H3,1,2,3,4);;;;;;;;;;;;;;;;;;;;;;;;;;;;;;;;;;;;/q3*+1;;;;;;;;;;;;;;36*-2/p-3. The largest absolute Gasteiger partial charge is 2.00 e. The van der Waals surface area contributed by atoms with Gasteiger partial charge >= 0.3 is 0 Å². The van der Waals surface area contributed by atoms with Crippen LogP contribution in [0.25, 0.3) is 0 Å². The van der Waals surface area contributed by atoms with Crippen LogP contribution in [-0.4, -0.2) is 58.9 Å². The fourth-order valence-corrected chi connectivity index (χ4v) is 4.58. The molecule has 0 heterocycles. The molecule has 0 aliphatic rings. The Bertz CT molecular complexity index is 1020. The smallest absolute Gasteiger partial charge is 0.154 e. The molecular formula is C27H39Mo12O43PS3-72. The average molecular weight is 2330 g/mol. The van der Waals surface area contributed by atoms with Crippen LogP contribution in [0.4, 0.5) is 0 Å². The van der Waals surface area contributed by atoms with E-state index in [-0.39, 0.29) is 450 Å². The number of benzene rings is 3. The third kappa shape index (κ3) is 245. The van der Waals surface area contributed by atoms with Crippen molar-refractivity contribution >= 4 is 40.5 Å². The number of hydrogen-bond donors (Lipinski definition) is 0. The quantitative estimate of drug-likeness (QED) is 0.162. The minimum absolute atomic E-state index is 0. The number of ether oxygens (including phenoxy) is 3. The van der Waals surface area contributed by atoms with Gasteiger partial charge in [-0.05, 0) is 72.8 Å².